The van der Waals surface area contributed by atoms with Crippen LogP contribution in [0.15, 0.2) is 54.9 Å². The summed E-state index contributed by atoms with van der Waals surface area (Å²) in [4.78, 5) is 19.9. The number of nitrogens with two attached hydrogens (primary N) is 1. The van der Waals surface area contributed by atoms with E-state index in [1.807, 2.05) is 12.3 Å². The third-order valence-corrected chi connectivity index (χ3v) is 8.72. The van der Waals surface area contributed by atoms with Crippen LogP contribution < -0.4 is 16.3 Å². The van der Waals surface area contributed by atoms with Gasteiger partial charge in [0.25, 0.3) is 0 Å². The van der Waals surface area contributed by atoms with Gasteiger partial charge in [-0.15, -0.1) is 0 Å². The summed E-state index contributed by atoms with van der Waals surface area (Å²) in [5.74, 6) is 2.26. The lowest BCUT2D eigenvalue weighted by atomic mass is 9.78. The van der Waals surface area contributed by atoms with E-state index >= 15 is 0 Å². The molecule has 38 heavy (non-hydrogen) atoms. The van der Waals surface area contributed by atoms with Crippen LogP contribution in [-0.4, -0.2) is 68.4 Å². The Morgan fingerprint density at radius 2 is 1.82 bits per heavy atom. The fraction of sp³-hybridized carbons (Fsp3) is 0.387. The van der Waals surface area contributed by atoms with E-state index in [9.17, 15) is 0 Å². The number of rotatable bonds is 4. The molecule has 1 atom stereocenters. The predicted octanol–water partition coefficient (Wildman–Crippen LogP) is 3.01. The zero-order chi connectivity index (χ0) is 25.6. The Labute approximate surface area is 223 Å². The maximum Gasteiger partial charge on any atom is 0.149 e. The van der Waals surface area contributed by atoms with Crippen LogP contribution in [0, 0.1) is 0 Å². The van der Waals surface area contributed by atoms with Gasteiger partial charge in [0.2, 0.25) is 0 Å². The van der Waals surface area contributed by atoms with Gasteiger partial charge in [-0.3, -0.25) is 9.30 Å². The molecule has 3 aromatic heterocycles. The molecule has 194 valence electrons. The smallest absolute Gasteiger partial charge is 0.149 e. The van der Waals surface area contributed by atoms with Crippen LogP contribution in [-0.2, 0) is 0 Å². The second kappa shape index (κ2) is 9.64. The van der Waals surface area contributed by atoms with Crippen LogP contribution in [0.2, 0.25) is 0 Å². The highest BCUT2D eigenvalue weighted by Crippen LogP contribution is 2.42. The fourth-order valence-corrected chi connectivity index (χ4v) is 6.45. The Kier molecular flexibility index (Phi) is 5.98. The summed E-state index contributed by atoms with van der Waals surface area (Å²) in [6.07, 6.45) is 12.9. The zero-order valence-corrected chi connectivity index (χ0v) is 22.0. The molecule has 0 radical (unpaired) electrons. The molecule has 1 saturated carbocycles. The predicted molar refractivity (Wildman–Crippen MR) is 152 cm³/mol. The average molecular weight is 506 g/mol. The molecule has 2 aliphatic carbocycles. The first-order valence-electron chi connectivity index (χ1n) is 13.9. The number of benzene rings is 1. The molecular formula is C31H35N7. The Morgan fingerprint density at radius 3 is 2.68 bits per heavy atom. The quantitative estimate of drug-likeness (QED) is 0.460. The minimum Gasteiger partial charge on any atom is -0.382 e. The van der Waals surface area contributed by atoms with Crippen molar-refractivity contribution in [3.8, 4) is 11.3 Å². The van der Waals surface area contributed by atoms with Crippen molar-refractivity contribution in [2.75, 3.05) is 39.0 Å². The van der Waals surface area contributed by atoms with E-state index in [0.29, 0.717) is 17.8 Å². The van der Waals surface area contributed by atoms with Crippen molar-refractivity contribution in [1.29, 1.82) is 0 Å². The minimum atomic E-state index is 0.119. The molecule has 2 fully saturated rings. The van der Waals surface area contributed by atoms with Crippen LogP contribution in [0.1, 0.15) is 49.0 Å². The van der Waals surface area contributed by atoms with E-state index in [4.69, 9.17) is 15.7 Å². The number of hydrogen-bond acceptors (Lipinski definition) is 6. The number of aromatic nitrogens is 4. The van der Waals surface area contributed by atoms with E-state index in [-0.39, 0.29) is 5.92 Å². The molecule has 7 heteroatoms. The molecule has 4 aromatic rings. The Morgan fingerprint density at radius 1 is 0.947 bits per heavy atom. The maximum atomic E-state index is 6.48. The number of likely N-dealkylation sites (N-methyl/N-ethyl adjacent to an activating group) is 1. The molecule has 7 nitrogen and oxygen atoms in total. The zero-order valence-electron chi connectivity index (χ0n) is 22.0. The SMILES string of the molecule is CN1CCCN([C@H]2C[C@@H](c3nc(C4C=c5nc(-c6ccccc6)ccc5=CC4)c4c(N)nccn43)C2)CC1. The average Bonchev–Trinajstić information content (AvgIpc) is 3.18. The molecule has 1 unspecified atom stereocenters. The molecule has 0 amide bonds. The van der Waals surface area contributed by atoms with Gasteiger partial charge in [0.15, 0.2) is 0 Å². The van der Waals surface area contributed by atoms with Crippen LogP contribution in [0.25, 0.3) is 28.9 Å². The number of imidazole rings is 1. The van der Waals surface area contributed by atoms with Crippen molar-refractivity contribution in [2.45, 2.75) is 43.6 Å². The number of nitrogens with zero attached hydrogens (tertiary/aromatic N) is 6. The molecule has 1 aromatic carbocycles. The molecule has 1 aliphatic heterocycles. The van der Waals surface area contributed by atoms with E-state index in [0.717, 1.165) is 59.4 Å². The number of pyridine rings is 1. The van der Waals surface area contributed by atoms with Crippen LogP contribution >= 0.6 is 0 Å². The first-order chi connectivity index (χ1) is 18.6. The number of hydrogen-bond donors (Lipinski definition) is 1. The van der Waals surface area contributed by atoms with Gasteiger partial charge >= 0.3 is 0 Å². The summed E-state index contributed by atoms with van der Waals surface area (Å²) in [6, 6.07) is 15.3. The van der Waals surface area contributed by atoms with Crippen molar-refractivity contribution < 1.29 is 0 Å². The van der Waals surface area contributed by atoms with Crippen LogP contribution in [0.3, 0.4) is 0 Å². The lowest BCUT2D eigenvalue weighted by Gasteiger charge is -2.42. The fourth-order valence-electron chi connectivity index (χ4n) is 6.45. The topological polar surface area (TPSA) is 75.6 Å². The third-order valence-electron chi connectivity index (χ3n) is 8.72. The Hall–Kier alpha value is -3.55. The number of nitrogen functional groups attached to an aromatic ring is 1. The van der Waals surface area contributed by atoms with E-state index in [1.54, 1.807) is 6.20 Å². The summed E-state index contributed by atoms with van der Waals surface area (Å²) < 4.78 is 2.21. The van der Waals surface area contributed by atoms with Gasteiger partial charge < -0.3 is 10.6 Å². The Balaban J connectivity index is 1.20. The molecule has 0 bridgehead atoms. The highest BCUT2D eigenvalue weighted by Gasteiger charge is 2.38. The highest BCUT2D eigenvalue weighted by atomic mass is 15.2. The van der Waals surface area contributed by atoms with Gasteiger partial charge in [-0.1, -0.05) is 42.5 Å². The largest absolute Gasteiger partial charge is 0.382 e. The van der Waals surface area contributed by atoms with Crippen LogP contribution in [0.5, 0.6) is 0 Å². The van der Waals surface area contributed by atoms with E-state index in [2.05, 4.69) is 74.8 Å². The summed E-state index contributed by atoms with van der Waals surface area (Å²) in [6.45, 7) is 4.74. The lowest BCUT2D eigenvalue weighted by Crippen LogP contribution is -2.45. The van der Waals surface area contributed by atoms with Crippen LogP contribution in [0.4, 0.5) is 5.82 Å². The van der Waals surface area contributed by atoms with Gasteiger partial charge in [0, 0.05) is 48.9 Å². The Bertz CT molecular complexity index is 1590. The maximum absolute atomic E-state index is 6.48. The summed E-state index contributed by atoms with van der Waals surface area (Å²) in [7, 11) is 2.24. The molecule has 2 N–H and O–H groups in total. The van der Waals surface area contributed by atoms with Crippen molar-refractivity contribution >= 4 is 23.5 Å². The van der Waals surface area contributed by atoms with Crippen molar-refractivity contribution in [1.82, 2.24) is 29.2 Å². The first kappa shape index (κ1) is 23.6. The van der Waals surface area contributed by atoms with Crippen molar-refractivity contribution in [3.63, 3.8) is 0 Å². The second-order valence-corrected chi connectivity index (χ2v) is 11.2. The van der Waals surface area contributed by atoms with Crippen molar-refractivity contribution in [2.24, 2.45) is 0 Å². The standard InChI is InChI=1S/C31H35N7/c1-36-13-5-14-37(17-16-36)25-18-24(19-25)31-35-28(29-30(32)33-12-15-38(29)31)23-9-8-22-10-11-26(34-27(22)20-23)21-6-3-2-4-7-21/h2-4,6-8,10-12,15,20,23-25H,5,9,13-14,16-19H2,1H3,(H2,32,33)/t23?,24-,25+. The van der Waals surface area contributed by atoms with E-state index in [1.165, 1.54) is 31.3 Å². The van der Waals surface area contributed by atoms with Gasteiger partial charge in [-0.2, -0.15) is 0 Å². The van der Waals surface area contributed by atoms with Gasteiger partial charge in [-0.05, 0) is 63.2 Å². The summed E-state index contributed by atoms with van der Waals surface area (Å²) in [5.41, 5.74) is 10.6. The van der Waals surface area contributed by atoms with Gasteiger partial charge in [0.05, 0.1) is 16.7 Å². The lowest BCUT2D eigenvalue weighted by molar-refractivity contribution is 0.110. The molecule has 4 heterocycles. The van der Waals surface area contributed by atoms with E-state index < -0.39 is 0 Å². The molecule has 7 rings (SSSR count). The molecule has 3 aliphatic rings. The van der Waals surface area contributed by atoms with Crippen molar-refractivity contribution in [3.05, 3.63) is 76.9 Å². The number of anilines is 1. The van der Waals surface area contributed by atoms with Gasteiger partial charge in [-0.25, -0.2) is 15.0 Å². The summed E-state index contributed by atoms with van der Waals surface area (Å²) >= 11 is 0. The molecular weight excluding hydrogens is 470 g/mol. The van der Waals surface area contributed by atoms with Gasteiger partial charge in [0.1, 0.15) is 17.2 Å². The monoisotopic (exact) mass is 505 g/mol. The number of fused-ring (bicyclic) bond motifs is 2. The normalized spacial score (nSPS) is 24.2. The minimum absolute atomic E-state index is 0.119. The molecule has 0 spiro atoms. The third kappa shape index (κ3) is 4.20. The highest BCUT2D eigenvalue weighted by molar-refractivity contribution is 5.72. The first-order valence-corrected chi connectivity index (χ1v) is 13.9. The second-order valence-electron chi connectivity index (χ2n) is 11.2. The summed E-state index contributed by atoms with van der Waals surface area (Å²) in [5, 5.41) is 2.20. The molecule has 1 saturated heterocycles.